The molecule has 0 bridgehead atoms. The number of para-hydroxylation sites is 1. The molecule has 0 saturated heterocycles. The van der Waals surface area contributed by atoms with E-state index in [0.717, 1.165) is 9.47 Å². The molecular weight excluding hydrogens is 438 g/mol. The van der Waals surface area contributed by atoms with Crippen LogP contribution < -0.4 is 26.6 Å². The van der Waals surface area contributed by atoms with E-state index in [9.17, 15) is 23.2 Å². The first-order valence-electron chi connectivity index (χ1n) is 9.84. The number of alkyl halides is 2. The number of methoxy groups -OCH3 is 1. The number of H-pyrrole nitrogens is 1. The number of nitrogen functional groups attached to an aromatic ring is 1. The number of nitrogens with one attached hydrogen (secondary N) is 1. The number of carbonyl (C=O) groups excluding carboxylic acids is 1. The van der Waals surface area contributed by atoms with Gasteiger partial charge in [0.05, 0.1) is 25.3 Å². The Labute approximate surface area is 187 Å². The van der Waals surface area contributed by atoms with Crippen molar-refractivity contribution >= 4 is 17.4 Å². The average molecular weight is 460 g/mol. The highest BCUT2D eigenvalue weighted by molar-refractivity contribution is 6.08. The van der Waals surface area contributed by atoms with Crippen LogP contribution in [0.15, 0.2) is 64.2 Å². The van der Waals surface area contributed by atoms with Gasteiger partial charge in [-0.05, 0) is 17.7 Å². The van der Waals surface area contributed by atoms with Crippen LogP contribution in [0.3, 0.4) is 0 Å². The molecule has 1 amide bonds. The van der Waals surface area contributed by atoms with Gasteiger partial charge in [0, 0.05) is 7.11 Å². The number of anilines is 2. The molecule has 3 rings (SSSR count). The fraction of sp³-hybridized carbons (Fsp3) is 0.227. The summed E-state index contributed by atoms with van der Waals surface area (Å²) in [7, 11) is 1.43. The number of nitrogens with two attached hydrogens (primary N) is 1. The summed E-state index contributed by atoms with van der Waals surface area (Å²) < 4.78 is 36.3. The van der Waals surface area contributed by atoms with E-state index in [-0.39, 0.29) is 42.5 Å². The zero-order chi connectivity index (χ0) is 24.0. The molecule has 0 radical (unpaired) electrons. The third-order valence-corrected chi connectivity index (χ3v) is 4.77. The number of carbonyl (C=O) groups is 1. The van der Waals surface area contributed by atoms with Gasteiger partial charge in [-0.25, -0.2) is 4.79 Å². The molecule has 0 aliphatic carbocycles. The predicted octanol–water partition coefficient (Wildman–Crippen LogP) is 2.21. The highest BCUT2D eigenvalue weighted by Crippen LogP contribution is 2.27. The van der Waals surface area contributed by atoms with E-state index in [2.05, 4.69) is 9.72 Å². The summed E-state index contributed by atoms with van der Waals surface area (Å²) in [5, 5.41) is 0. The van der Waals surface area contributed by atoms with Crippen LogP contribution in [0.4, 0.5) is 20.3 Å². The summed E-state index contributed by atoms with van der Waals surface area (Å²) in [6.07, 6.45) is 0. The smallest absolute Gasteiger partial charge is 0.387 e. The van der Waals surface area contributed by atoms with Gasteiger partial charge >= 0.3 is 12.3 Å². The minimum Gasteiger partial charge on any atom is -0.434 e. The van der Waals surface area contributed by atoms with E-state index in [1.165, 1.54) is 31.4 Å². The Balaban J connectivity index is 2.18. The van der Waals surface area contributed by atoms with Gasteiger partial charge in [0.1, 0.15) is 11.6 Å². The number of aromatic amines is 1. The molecular formula is C22H22F2N4O5. The zero-order valence-electron chi connectivity index (χ0n) is 17.7. The van der Waals surface area contributed by atoms with E-state index >= 15 is 0 Å². The van der Waals surface area contributed by atoms with Gasteiger partial charge in [0.2, 0.25) is 0 Å². The van der Waals surface area contributed by atoms with E-state index in [1.54, 1.807) is 30.3 Å². The second kappa shape index (κ2) is 10.6. The maximum Gasteiger partial charge on any atom is 0.387 e. The van der Waals surface area contributed by atoms with Gasteiger partial charge in [-0.1, -0.05) is 42.5 Å². The molecule has 1 heterocycles. The number of hydrogen-bond donors (Lipinski definition) is 2. The lowest BCUT2D eigenvalue weighted by atomic mass is 10.1. The lowest BCUT2D eigenvalue weighted by Crippen LogP contribution is -2.41. The van der Waals surface area contributed by atoms with Crippen molar-refractivity contribution in [3.63, 3.8) is 0 Å². The molecule has 1 aromatic heterocycles. The second-order valence-electron chi connectivity index (χ2n) is 6.89. The maximum absolute atomic E-state index is 13.5. The molecule has 0 saturated carbocycles. The lowest BCUT2D eigenvalue weighted by molar-refractivity contribution is -0.0501. The third kappa shape index (κ3) is 5.44. The first kappa shape index (κ1) is 23.7. The number of benzene rings is 2. The Kier molecular flexibility index (Phi) is 7.57. The van der Waals surface area contributed by atoms with Gasteiger partial charge in [-0.2, -0.15) is 8.78 Å². The summed E-state index contributed by atoms with van der Waals surface area (Å²) in [6.45, 7) is -3.15. The maximum atomic E-state index is 13.5. The molecule has 9 nitrogen and oxygen atoms in total. The van der Waals surface area contributed by atoms with Crippen molar-refractivity contribution in [1.29, 1.82) is 0 Å². The molecule has 0 unspecified atom stereocenters. The van der Waals surface area contributed by atoms with Crippen LogP contribution in [-0.4, -0.2) is 35.8 Å². The Morgan fingerprint density at radius 2 is 1.79 bits per heavy atom. The topological polar surface area (TPSA) is 120 Å². The van der Waals surface area contributed by atoms with Crippen LogP contribution in [0.1, 0.15) is 15.9 Å². The number of rotatable bonds is 9. The average Bonchev–Trinajstić information content (AvgIpc) is 2.78. The number of amides is 1. The fourth-order valence-electron chi connectivity index (χ4n) is 3.25. The first-order chi connectivity index (χ1) is 15.8. The molecule has 0 fully saturated rings. The van der Waals surface area contributed by atoms with E-state index in [0.29, 0.717) is 5.56 Å². The van der Waals surface area contributed by atoms with Gasteiger partial charge < -0.3 is 15.2 Å². The van der Waals surface area contributed by atoms with Crippen molar-refractivity contribution in [2.24, 2.45) is 0 Å². The number of halogens is 2. The molecule has 0 atom stereocenters. The van der Waals surface area contributed by atoms with Crippen molar-refractivity contribution in [2.75, 3.05) is 24.4 Å². The summed E-state index contributed by atoms with van der Waals surface area (Å²) in [6, 6.07) is 14.1. The Morgan fingerprint density at radius 1 is 1.12 bits per heavy atom. The van der Waals surface area contributed by atoms with Crippen LogP contribution in [-0.2, 0) is 17.8 Å². The zero-order valence-corrected chi connectivity index (χ0v) is 17.7. The van der Waals surface area contributed by atoms with Crippen molar-refractivity contribution in [3.05, 3.63) is 86.6 Å². The highest BCUT2D eigenvalue weighted by Gasteiger charge is 2.28. The third-order valence-electron chi connectivity index (χ3n) is 4.77. The molecule has 0 aliphatic rings. The summed E-state index contributed by atoms with van der Waals surface area (Å²) in [5.41, 5.74) is 4.61. The van der Waals surface area contributed by atoms with Gasteiger partial charge in [-0.15, -0.1) is 0 Å². The number of ether oxygens (including phenoxy) is 2. The minimum absolute atomic E-state index is 0.0173. The van der Waals surface area contributed by atoms with Crippen LogP contribution in [0.25, 0.3) is 0 Å². The minimum atomic E-state index is -3.16. The number of hydrogen-bond acceptors (Lipinski definition) is 6. The molecule has 0 aliphatic heterocycles. The van der Waals surface area contributed by atoms with E-state index in [4.69, 9.17) is 10.5 Å². The molecule has 174 valence electrons. The van der Waals surface area contributed by atoms with Gasteiger partial charge in [0.15, 0.2) is 5.69 Å². The molecule has 11 heteroatoms. The van der Waals surface area contributed by atoms with Gasteiger partial charge in [-0.3, -0.25) is 24.0 Å². The van der Waals surface area contributed by atoms with Crippen LogP contribution in [0.5, 0.6) is 5.75 Å². The van der Waals surface area contributed by atoms with Crippen molar-refractivity contribution in [3.8, 4) is 5.75 Å². The Hall–Kier alpha value is -3.99. The van der Waals surface area contributed by atoms with Crippen LogP contribution >= 0.6 is 0 Å². The van der Waals surface area contributed by atoms with E-state index < -0.39 is 23.8 Å². The van der Waals surface area contributed by atoms with Crippen LogP contribution in [0, 0.1) is 0 Å². The Morgan fingerprint density at radius 3 is 2.45 bits per heavy atom. The monoisotopic (exact) mass is 460 g/mol. The first-order valence-corrected chi connectivity index (χ1v) is 9.84. The summed E-state index contributed by atoms with van der Waals surface area (Å²) in [5.74, 6) is -1.44. The van der Waals surface area contributed by atoms with Gasteiger partial charge in [0.25, 0.3) is 11.5 Å². The predicted molar refractivity (Wildman–Crippen MR) is 118 cm³/mol. The van der Waals surface area contributed by atoms with E-state index in [1.807, 2.05) is 0 Å². The largest absolute Gasteiger partial charge is 0.434 e. The quantitative estimate of drug-likeness (QED) is 0.505. The molecule has 3 N–H and O–H groups in total. The normalized spacial score (nSPS) is 10.9. The number of aromatic nitrogens is 2. The molecule has 33 heavy (non-hydrogen) atoms. The Bertz CT molecular complexity index is 1230. The second-order valence-corrected chi connectivity index (χ2v) is 6.89. The molecule has 3 aromatic rings. The standard InChI is InChI=1S/C22H22F2N4O5/c1-32-12-11-27-18(25)17(19(29)26-22(27)31)28(13-14-7-3-2-4-8-14)20(30)15-9-5-6-10-16(15)33-21(23)24/h2-10,21H,11-13,25H2,1H3,(H,26,29,31). The highest BCUT2D eigenvalue weighted by atomic mass is 19.3. The summed E-state index contributed by atoms with van der Waals surface area (Å²) in [4.78, 5) is 41.8. The van der Waals surface area contributed by atoms with Crippen molar-refractivity contribution in [1.82, 2.24) is 9.55 Å². The van der Waals surface area contributed by atoms with Crippen molar-refractivity contribution in [2.45, 2.75) is 19.7 Å². The molecule has 2 aromatic carbocycles. The lowest BCUT2D eigenvalue weighted by Gasteiger charge is -2.25. The molecule has 0 spiro atoms. The number of nitrogens with zero attached hydrogens (tertiary/aromatic N) is 2. The van der Waals surface area contributed by atoms with Crippen molar-refractivity contribution < 1.29 is 23.0 Å². The summed E-state index contributed by atoms with van der Waals surface area (Å²) >= 11 is 0. The van der Waals surface area contributed by atoms with Crippen LogP contribution in [0.2, 0.25) is 0 Å². The fourth-order valence-corrected chi connectivity index (χ4v) is 3.25. The SMILES string of the molecule is COCCn1c(N)c(N(Cc2ccccc2)C(=O)c2ccccc2OC(F)F)c(=O)[nH]c1=O.